The fourth-order valence-electron chi connectivity index (χ4n) is 5.53. The van der Waals surface area contributed by atoms with Crippen LogP contribution in [0.15, 0.2) is 42.5 Å². The van der Waals surface area contributed by atoms with Gasteiger partial charge in [-0.15, -0.1) is 0 Å². The van der Waals surface area contributed by atoms with Crippen molar-refractivity contribution < 1.29 is 18.7 Å². The number of carbonyl (C=O) groups excluding carboxylic acids is 2. The van der Waals surface area contributed by atoms with Gasteiger partial charge in [-0.3, -0.25) is 9.69 Å². The van der Waals surface area contributed by atoms with E-state index in [4.69, 9.17) is 4.74 Å². The highest BCUT2D eigenvalue weighted by molar-refractivity contribution is 5.98. The summed E-state index contributed by atoms with van der Waals surface area (Å²) >= 11 is 0. The van der Waals surface area contributed by atoms with E-state index in [1.807, 2.05) is 31.7 Å². The van der Waals surface area contributed by atoms with Crippen LogP contribution in [0.1, 0.15) is 44.0 Å². The Balaban J connectivity index is 1.30. The Bertz CT molecular complexity index is 1340. The summed E-state index contributed by atoms with van der Waals surface area (Å²) in [5.74, 6) is -0.147. The second-order valence-electron chi connectivity index (χ2n) is 11.4. The van der Waals surface area contributed by atoms with E-state index < -0.39 is 5.60 Å². The number of amides is 2. The summed E-state index contributed by atoms with van der Waals surface area (Å²) in [6.07, 6.45) is 2.28. The van der Waals surface area contributed by atoms with Crippen LogP contribution in [0.2, 0.25) is 0 Å². The van der Waals surface area contributed by atoms with E-state index in [-0.39, 0.29) is 17.8 Å². The van der Waals surface area contributed by atoms with Crippen molar-refractivity contribution in [2.75, 3.05) is 37.6 Å². The van der Waals surface area contributed by atoms with Gasteiger partial charge in [0.1, 0.15) is 11.4 Å². The highest BCUT2D eigenvalue weighted by atomic mass is 19.1. The molecule has 3 aromatic rings. The molecule has 2 aliphatic rings. The van der Waals surface area contributed by atoms with Crippen molar-refractivity contribution in [3.63, 3.8) is 0 Å². The van der Waals surface area contributed by atoms with Crippen molar-refractivity contribution in [2.24, 2.45) is 7.05 Å². The molecule has 3 heterocycles. The van der Waals surface area contributed by atoms with Gasteiger partial charge in [-0.2, -0.15) is 0 Å². The number of nitrogens with zero attached hydrogens (tertiary/aromatic N) is 4. The molecule has 5 rings (SSSR count). The molecule has 0 radical (unpaired) electrons. The molecular formula is C30H37FN4O3. The molecular weight excluding hydrogens is 483 g/mol. The number of carbonyl (C=O) groups is 2. The first kappa shape index (κ1) is 26.2. The second-order valence-corrected chi connectivity index (χ2v) is 11.4. The third-order valence-corrected chi connectivity index (χ3v) is 7.50. The maximum Gasteiger partial charge on any atom is 0.410 e. The van der Waals surface area contributed by atoms with Crippen molar-refractivity contribution in [3.8, 4) is 0 Å². The van der Waals surface area contributed by atoms with Gasteiger partial charge >= 0.3 is 6.09 Å². The minimum atomic E-state index is -0.530. The summed E-state index contributed by atoms with van der Waals surface area (Å²) in [6, 6.07) is 12.8. The number of ether oxygens (including phenoxy) is 1. The zero-order valence-corrected chi connectivity index (χ0v) is 22.8. The van der Waals surface area contributed by atoms with Crippen LogP contribution in [0.25, 0.3) is 10.9 Å². The Morgan fingerprint density at radius 3 is 2.50 bits per heavy atom. The zero-order valence-electron chi connectivity index (χ0n) is 22.8. The van der Waals surface area contributed by atoms with Crippen LogP contribution < -0.4 is 4.90 Å². The van der Waals surface area contributed by atoms with E-state index in [2.05, 4.69) is 28.6 Å². The lowest BCUT2D eigenvalue weighted by atomic mass is 10.1. The highest BCUT2D eigenvalue weighted by Gasteiger charge is 2.29. The zero-order chi connectivity index (χ0) is 27.0. The predicted octanol–water partition coefficient (Wildman–Crippen LogP) is 4.89. The van der Waals surface area contributed by atoms with Crippen molar-refractivity contribution in [1.82, 2.24) is 14.4 Å². The van der Waals surface area contributed by atoms with Gasteiger partial charge in [0, 0.05) is 55.6 Å². The summed E-state index contributed by atoms with van der Waals surface area (Å²) in [6.45, 7) is 9.41. The Morgan fingerprint density at radius 2 is 1.79 bits per heavy atom. The second kappa shape index (κ2) is 10.4. The van der Waals surface area contributed by atoms with E-state index in [0.29, 0.717) is 26.2 Å². The number of piperazine rings is 1. The number of hydrogen-bond acceptors (Lipinski definition) is 4. The Kier molecular flexibility index (Phi) is 7.18. The maximum absolute atomic E-state index is 13.2. The number of fused-ring (bicyclic) bond motifs is 3. The summed E-state index contributed by atoms with van der Waals surface area (Å²) in [7, 11) is 2.07. The first-order valence-electron chi connectivity index (χ1n) is 13.4. The molecule has 0 aliphatic carbocycles. The Morgan fingerprint density at radius 1 is 1.03 bits per heavy atom. The average Bonchev–Trinajstić information content (AvgIpc) is 3.00. The standard InChI is InChI=1S/C30H37FN4O3/c1-30(2,3)38-29(37)34-14-5-6-26-25(19-34)24-12-11-23(18-27(24)32(26)4)35-17-16-33(20-28(35)36)15-13-21-7-9-22(31)10-8-21/h7-12,18H,5-6,13-17,19-20H2,1-4H3. The molecule has 0 N–H and O–H groups in total. The van der Waals surface area contributed by atoms with Crippen molar-refractivity contribution >= 4 is 28.6 Å². The molecule has 0 spiro atoms. The fourth-order valence-corrected chi connectivity index (χ4v) is 5.53. The number of benzene rings is 2. The fraction of sp³-hybridized carbons (Fsp3) is 0.467. The summed E-state index contributed by atoms with van der Waals surface area (Å²) in [5.41, 5.74) is 4.91. The van der Waals surface area contributed by atoms with Gasteiger partial charge < -0.3 is 19.1 Å². The number of halogens is 1. The lowest BCUT2D eigenvalue weighted by Gasteiger charge is -2.34. The van der Waals surface area contributed by atoms with Gasteiger partial charge in [-0.1, -0.05) is 18.2 Å². The molecule has 1 fully saturated rings. The summed E-state index contributed by atoms with van der Waals surface area (Å²) < 4.78 is 21.0. The van der Waals surface area contributed by atoms with Crippen LogP contribution >= 0.6 is 0 Å². The van der Waals surface area contributed by atoms with Crippen LogP contribution in [0, 0.1) is 5.82 Å². The van der Waals surface area contributed by atoms with Gasteiger partial charge in [-0.05, 0) is 69.9 Å². The first-order chi connectivity index (χ1) is 18.1. The molecule has 38 heavy (non-hydrogen) atoms. The summed E-state index contributed by atoms with van der Waals surface area (Å²) in [5, 5.41) is 1.12. The minimum Gasteiger partial charge on any atom is -0.444 e. The number of aryl methyl sites for hydroxylation is 1. The van der Waals surface area contributed by atoms with Crippen LogP contribution in [-0.2, 0) is 36.0 Å². The van der Waals surface area contributed by atoms with Gasteiger partial charge in [0.05, 0.1) is 18.6 Å². The molecule has 0 atom stereocenters. The molecule has 2 aliphatic heterocycles. The molecule has 2 amide bonds. The topological polar surface area (TPSA) is 58.0 Å². The quantitative estimate of drug-likeness (QED) is 0.492. The Hall–Kier alpha value is -3.39. The van der Waals surface area contributed by atoms with E-state index in [1.54, 1.807) is 17.0 Å². The smallest absolute Gasteiger partial charge is 0.410 e. The maximum atomic E-state index is 13.2. The third kappa shape index (κ3) is 5.55. The molecule has 0 bridgehead atoms. The molecule has 2 aromatic carbocycles. The SMILES string of the molecule is Cn1c2c(c3ccc(N4CCN(CCc5ccc(F)cc5)CC4=O)cc31)CN(C(=O)OC(C)(C)C)CCC2. The van der Waals surface area contributed by atoms with Crippen LogP contribution in [0.3, 0.4) is 0 Å². The Labute approximate surface area is 223 Å². The first-order valence-corrected chi connectivity index (χ1v) is 13.4. The van der Waals surface area contributed by atoms with Crippen molar-refractivity contribution in [2.45, 2.75) is 52.2 Å². The molecule has 1 saturated heterocycles. The van der Waals surface area contributed by atoms with Crippen LogP contribution in [0.5, 0.6) is 0 Å². The van der Waals surface area contributed by atoms with Gasteiger partial charge in [0.2, 0.25) is 5.91 Å². The molecule has 1 aromatic heterocycles. The largest absolute Gasteiger partial charge is 0.444 e. The summed E-state index contributed by atoms with van der Waals surface area (Å²) in [4.78, 5) is 31.8. The van der Waals surface area contributed by atoms with E-state index in [0.717, 1.165) is 60.1 Å². The molecule has 202 valence electrons. The molecule has 7 nitrogen and oxygen atoms in total. The molecule has 8 heteroatoms. The van der Waals surface area contributed by atoms with E-state index in [9.17, 15) is 14.0 Å². The molecule has 0 saturated carbocycles. The van der Waals surface area contributed by atoms with Gasteiger partial charge in [0.25, 0.3) is 0 Å². The van der Waals surface area contributed by atoms with Crippen molar-refractivity contribution in [3.05, 3.63) is 65.1 Å². The predicted molar refractivity (Wildman–Crippen MR) is 147 cm³/mol. The van der Waals surface area contributed by atoms with Gasteiger partial charge in [-0.25, -0.2) is 9.18 Å². The normalized spacial score (nSPS) is 17.0. The monoisotopic (exact) mass is 520 g/mol. The van der Waals surface area contributed by atoms with E-state index in [1.165, 1.54) is 17.8 Å². The van der Waals surface area contributed by atoms with E-state index >= 15 is 0 Å². The van der Waals surface area contributed by atoms with Crippen LogP contribution in [-0.4, -0.2) is 64.7 Å². The molecule has 0 unspecified atom stereocenters. The lowest BCUT2D eigenvalue weighted by Crippen LogP contribution is -2.50. The minimum absolute atomic E-state index is 0.0848. The van der Waals surface area contributed by atoms with Crippen LogP contribution in [0.4, 0.5) is 14.9 Å². The van der Waals surface area contributed by atoms with Gasteiger partial charge in [0.15, 0.2) is 0 Å². The number of anilines is 1. The average molecular weight is 521 g/mol. The highest BCUT2D eigenvalue weighted by Crippen LogP contribution is 2.33. The number of rotatable bonds is 4. The lowest BCUT2D eigenvalue weighted by molar-refractivity contribution is -0.121. The third-order valence-electron chi connectivity index (χ3n) is 7.50. The number of hydrogen-bond donors (Lipinski definition) is 0. The van der Waals surface area contributed by atoms with Crippen molar-refractivity contribution in [1.29, 1.82) is 0 Å². The number of aromatic nitrogens is 1.